The largest absolute Gasteiger partial charge is 0.490 e. The summed E-state index contributed by atoms with van der Waals surface area (Å²) in [7, 11) is 0. The number of hydrogen-bond donors (Lipinski definition) is 2. The molecule has 3 rings (SSSR count). The lowest BCUT2D eigenvalue weighted by Crippen LogP contribution is -2.21. The van der Waals surface area contributed by atoms with Crippen LogP contribution in [0.5, 0.6) is 11.5 Å². The molecule has 2 aromatic carbocycles. The average Bonchev–Trinajstić information content (AvgIpc) is 2.95. The number of nitrogens with one attached hydrogen (secondary N) is 2. The van der Waals surface area contributed by atoms with Gasteiger partial charge in [-0.3, -0.25) is 10.1 Å². The molecule has 27 heavy (non-hydrogen) atoms. The van der Waals surface area contributed by atoms with Gasteiger partial charge in [0.1, 0.15) is 5.70 Å². The number of benzene rings is 2. The first-order valence-electron chi connectivity index (χ1n) is 8.05. The summed E-state index contributed by atoms with van der Waals surface area (Å²) in [6.07, 6.45) is 1.64. The number of carbonyl (C=O) groups excluding carboxylic acids is 2. The quantitative estimate of drug-likeness (QED) is 0.219. The Bertz CT molecular complexity index is 958. The summed E-state index contributed by atoms with van der Waals surface area (Å²) in [5.41, 5.74) is 1.52. The Kier molecular flexibility index (Phi) is 6.07. The second-order valence-corrected chi connectivity index (χ2v) is 7.05. The van der Waals surface area contributed by atoms with E-state index in [0.717, 1.165) is 3.57 Å². The third-order valence-electron chi connectivity index (χ3n) is 3.59. The second kappa shape index (κ2) is 8.49. The Morgan fingerprint density at radius 3 is 2.63 bits per heavy atom. The fourth-order valence-electron chi connectivity index (χ4n) is 2.40. The van der Waals surface area contributed by atoms with E-state index in [4.69, 9.17) is 21.7 Å². The first-order chi connectivity index (χ1) is 13.0. The Morgan fingerprint density at radius 2 is 1.96 bits per heavy atom. The van der Waals surface area contributed by atoms with Crippen LogP contribution in [0.3, 0.4) is 0 Å². The van der Waals surface area contributed by atoms with Gasteiger partial charge in [-0.25, -0.2) is 4.79 Å². The average molecular weight is 494 g/mol. The molecule has 0 bridgehead atoms. The predicted molar refractivity (Wildman–Crippen MR) is 114 cm³/mol. The zero-order valence-corrected chi connectivity index (χ0v) is 17.2. The van der Waals surface area contributed by atoms with Gasteiger partial charge in [0.15, 0.2) is 16.6 Å². The van der Waals surface area contributed by atoms with Crippen LogP contribution in [0.25, 0.3) is 6.08 Å². The molecule has 1 amide bonds. The van der Waals surface area contributed by atoms with E-state index in [9.17, 15) is 9.59 Å². The molecule has 2 N–H and O–H groups in total. The minimum atomic E-state index is -0.464. The summed E-state index contributed by atoms with van der Waals surface area (Å²) in [6.45, 7) is 2.23. The lowest BCUT2D eigenvalue weighted by atomic mass is 10.1. The molecule has 0 aliphatic carbocycles. The highest BCUT2D eigenvalue weighted by molar-refractivity contribution is 14.1. The summed E-state index contributed by atoms with van der Waals surface area (Å²) in [4.78, 5) is 24.2. The number of halogens is 1. The van der Waals surface area contributed by atoms with Gasteiger partial charge < -0.3 is 14.8 Å². The minimum absolute atomic E-state index is 0.263. The van der Waals surface area contributed by atoms with Crippen LogP contribution in [-0.2, 0) is 4.79 Å². The molecule has 0 atom stereocenters. The normalized spacial score (nSPS) is 14.7. The zero-order chi connectivity index (χ0) is 19.4. The van der Waals surface area contributed by atoms with Gasteiger partial charge in [0.25, 0.3) is 5.91 Å². The molecule has 8 heteroatoms. The van der Waals surface area contributed by atoms with Gasteiger partial charge in [-0.2, -0.15) is 0 Å². The molecule has 1 aliphatic rings. The van der Waals surface area contributed by atoms with Crippen molar-refractivity contribution in [2.75, 3.05) is 6.61 Å². The maximum Gasteiger partial charge on any atom is 0.344 e. The maximum absolute atomic E-state index is 12.5. The smallest absolute Gasteiger partial charge is 0.344 e. The highest BCUT2D eigenvalue weighted by Crippen LogP contribution is 2.30. The van der Waals surface area contributed by atoms with Crippen molar-refractivity contribution in [1.29, 1.82) is 0 Å². The topological polar surface area (TPSA) is 76.7 Å². The van der Waals surface area contributed by atoms with E-state index in [-0.39, 0.29) is 11.0 Å². The number of hydrogen-bond acceptors (Lipinski definition) is 5. The molecule has 0 saturated carbocycles. The molecule has 1 fully saturated rings. The number of amides is 1. The van der Waals surface area contributed by atoms with E-state index in [1.54, 1.807) is 36.4 Å². The van der Waals surface area contributed by atoms with Crippen LogP contribution in [0.1, 0.15) is 22.8 Å². The van der Waals surface area contributed by atoms with Crippen molar-refractivity contribution in [3.63, 3.8) is 0 Å². The van der Waals surface area contributed by atoms with Gasteiger partial charge in [0.05, 0.1) is 12.2 Å². The minimum Gasteiger partial charge on any atom is -0.490 e. The number of esters is 1. The lowest BCUT2D eigenvalue weighted by Gasteiger charge is -2.12. The molecular formula is C19H15IN2O4S. The standard InChI is InChI=1S/C19H15IN2O4S/c1-2-25-16-10-11(9-14-17(23)22-19(27)21-14)7-8-15(16)26-18(24)12-5-3-4-6-13(12)20/h3-10H,2H2,1H3,(H2,21,22,23,27)/b14-9-. The Balaban J connectivity index is 1.87. The fraction of sp³-hybridized carbons (Fsp3) is 0.105. The molecule has 1 saturated heterocycles. The van der Waals surface area contributed by atoms with Crippen molar-refractivity contribution in [1.82, 2.24) is 10.6 Å². The van der Waals surface area contributed by atoms with E-state index in [1.807, 2.05) is 19.1 Å². The molecule has 1 heterocycles. The Hall–Kier alpha value is -2.46. The first-order valence-corrected chi connectivity index (χ1v) is 9.54. The van der Waals surface area contributed by atoms with Gasteiger partial charge >= 0.3 is 5.97 Å². The zero-order valence-electron chi connectivity index (χ0n) is 14.2. The summed E-state index contributed by atoms with van der Waals surface area (Å²) < 4.78 is 11.9. The molecule has 0 radical (unpaired) electrons. The second-order valence-electron chi connectivity index (χ2n) is 5.47. The molecule has 1 aliphatic heterocycles. The van der Waals surface area contributed by atoms with Crippen molar-refractivity contribution in [2.24, 2.45) is 0 Å². The molecule has 0 spiro atoms. The summed E-state index contributed by atoms with van der Waals surface area (Å²) in [5.74, 6) is -0.0449. The predicted octanol–water partition coefficient (Wildman–Crippen LogP) is 3.25. The molecule has 0 aromatic heterocycles. The molecular weight excluding hydrogens is 479 g/mol. The van der Waals surface area contributed by atoms with E-state index in [0.29, 0.717) is 34.9 Å². The van der Waals surface area contributed by atoms with Gasteiger partial charge in [-0.05, 0) is 77.6 Å². The van der Waals surface area contributed by atoms with Crippen LogP contribution in [0, 0.1) is 3.57 Å². The molecule has 6 nitrogen and oxygen atoms in total. The highest BCUT2D eigenvalue weighted by atomic mass is 127. The Labute approximate surface area is 175 Å². The van der Waals surface area contributed by atoms with Crippen molar-refractivity contribution < 1.29 is 19.1 Å². The van der Waals surface area contributed by atoms with Crippen molar-refractivity contribution in [2.45, 2.75) is 6.92 Å². The SMILES string of the molecule is CCOc1cc(/C=C2\NC(=S)NC2=O)ccc1OC(=O)c1ccccc1I. The van der Waals surface area contributed by atoms with Crippen LogP contribution in [-0.4, -0.2) is 23.6 Å². The van der Waals surface area contributed by atoms with Crippen LogP contribution in [0.15, 0.2) is 48.2 Å². The third kappa shape index (κ3) is 4.64. The number of ether oxygens (including phenoxy) is 2. The third-order valence-corrected chi connectivity index (χ3v) is 4.74. The van der Waals surface area contributed by atoms with Crippen LogP contribution < -0.4 is 20.1 Å². The van der Waals surface area contributed by atoms with E-state index < -0.39 is 5.97 Å². The number of rotatable bonds is 5. The number of carbonyl (C=O) groups is 2. The fourth-order valence-corrected chi connectivity index (χ4v) is 3.21. The lowest BCUT2D eigenvalue weighted by molar-refractivity contribution is -0.115. The first kappa shape index (κ1) is 19.3. The van der Waals surface area contributed by atoms with E-state index in [2.05, 4.69) is 33.2 Å². The summed E-state index contributed by atoms with van der Waals surface area (Å²) in [6, 6.07) is 12.2. The van der Waals surface area contributed by atoms with Crippen LogP contribution >= 0.6 is 34.8 Å². The van der Waals surface area contributed by atoms with Gasteiger partial charge in [-0.15, -0.1) is 0 Å². The van der Waals surface area contributed by atoms with Gasteiger partial charge in [0.2, 0.25) is 0 Å². The maximum atomic E-state index is 12.5. The van der Waals surface area contributed by atoms with E-state index in [1.165, 1.54) is 0 Å². The summed E-state index contributed by atoms with van der Waals surface area (Å²) >= 11 is 7.00. The molecule has 138 valence electrons. The summed E-state index contributed by atoms with van der Waals surface area (Å²) in [5, 5.41) is 5.55. The molecule has 2 aromatic rings. The van der Waals surface area contributed by atoms with E-state index >= 15 is 0 Å². The number of thiocarbonyl (C=S) groups is 1. The highest BCUT2D eigenvalue weighted by Gasteiger charge is 2.20. The van der Waals surface area contributed by atoms with Gasteiger partial charge in [-0.1, -0.05) is 18.2 Å². The Morgan fingerprint density at radius 1 is 1.19 bits per heavy atom. The van der Waals surface area contributed by atoms with Crippen LogP contribution in [0.4, 0.5) is 0 Å². The van der Waals surface area contributed by atoms with Crippen molar-refractivity contribution in [3.05, 3.63) is 62.9 Å². The monoisotopic (exact) mass is 494 g/mol. The van der Waals surface area contributed by atoms with Gasteiger partial charge in [0, 0.05) is 3.57 Å². The van der Waals surface area contributed by atoms with Crippen molar-refractivity contribution >= 4 is 57.9 Å². The molecule has 0 unspecified atom stereocenters. The van der Waals surface area contributed by atoms with Crippen molar-refractivity contribution in [3.8, 4) is 11.5 Å². The van der Waals surface area contributed by atoms with Crippen LogP contribution in [0.2, 0.25) is 0 Å².